The van der Waals surface area contributed by atoms with Crippen LogP contribution in [0.2, 0.25) is 0 Å². The van der Waals surface area contributed by atoms with Crippen molar-refractivity contribution in [1.82, 2.24) is 4.98 Å². The second kappa shape index (κ2) is 6.15. The Hall–Kier alpha value is -1.73. The molecule has 0 saturated heterocycles. The third kappa shape index (κ3) is 3.05. The number of halogens is 3. The molecule has 0 fully saturated rings. The Bertz CT molecular complexity index is 669. The van der Waals surface area contributed by atoms with Gasteiger partial charge in [0.25, 0.3) is 0 Å². The van der Waals surface area contributed by atoms with Crippen molar-refractivity contribution in [2.45, 2.75) is 5.88 Å². The highest BCUT2D eigenvalue weighted by atomic mass is 79.9. The lowest BCUT2D eigenvalue weighted by Crippen LogP contribution is -1.98. The zero-order valence-corrected chi connectivity index (χ0v) is 12.2. The highest BCUT2D eigenvalue weighted by Crippen LogP contribution is 2.35. The minimum atomic E-state index is -0.672. The molecule has 0 aliphatic heterocycles. The van der Waals surface area contributed by atoms with Crippen LogP contribution in [0.15, 0.2) is 34.9 Å². The molecule has 0 spiro atoms. The molecule has 0 amide bonds. The molecule has 0 saturated carbocycles. The average molecular weight is 362 g/mol. The Morgan fingerprint density at radius 1 is 1.50 bits per heavy atom. The van der Waals surface area contributed by atoms with Crippen LogP contribution >= 0.6 is 27.5 Å². The standard InChI is InChI=1S/C12H7BrClFN2O3/c13-8-4-10(17(18)19)11(5-9(8)15)20-12-7(6-14)2-1-3-16-12/h1-5H,6H2. The number of nitro groups is 1. The fraction of sp³-hybridized carbons (Fsp3) is 0.0833. The quantitative estimate of drug-likeness (QED) is 0.459. The highest BCUT2D eigenvalue weighted by Gasteiger charge is 2.20. The number of aromatic nitrogens is 1. The van der Waals surface area contributed by atoms with E-state index < -0.39 is 10.7 Å². The Labute approximate surface area is 126 Å². The SMILES string of the molecule is O=[N+]([O-])c1cc(Br)c(F)cc1Oc1ncccc1CCl. The molecular formula is C12H7BrClFN2O3. The molecule has 0 unspecified atom stereocenters. The largest absolute Gasteiger partial charge is 0.431 e. The molecule has 5 nitrogen and oxygen atoms in total. The first-order chi connectivity index (χ1) is 9.52. The lowest BCUT2D eigenvalue weighted by molar-refractivity contribution is -0.385. The molecule has 0 N–H and O–H groups in total. The first-order valence-corrected chi connectivity index (χ1v) is 6.67. The van der Waals surface area contributed by atoms with E-state index in [0.717, 1.165) is 12.1 Å². The number of nitrogens with zero attached hydrogens (tertiary/aromatic N) is 2. The number of nitro benzene ring substituents is 1. The molecule has 20 heavy (non-hydrogen) atoms. The van der Waals surface area contributed by atoms with Crippen LogP contribution in [-0.2, 0) is 5.88 Å². The van der Waals surface area contributed by atoms with E-state index in [1.807, 2.05) is 0 Å². The van der Waals surface area contributed by atoms with E-state index in [1.54, 1.807) is 12.1 Å². The van der Waals surface area contributed by atoms with Gasteiger partial charge in [-0.1, -0.05) is 6.07 Å². The van der Waals surface area contributed by atoms with E-state index in [0.29, 0.717) is 5.56 Å². The molecule has 104 valence electrons. The van der Waals surface area contributed by atoms with Crippen molar-refractivity contribution in [3.05, 3.63) is 56.4 Å². The summed E-state index contributed by atoms with van der Waals surface area (Å²) >= 11 is 8.61. The summed E-state index contributed by atoms with van der Waals surface area (Å²) in [5, 5.41) is 11.0. The molecule has 0 bridgehead atoms. The van der Waals surface area contributed by atoms with Gasteiger partial charge in [0, 0.05) is 23.9 Å². The van der Waals surface area contributed by atoms with E-state index in [-0.39, 0.29) is 27.7 Å². The van der Waals surface area contributed by atoms with Crippen LogP contribution in [0.3, 0.4) is 0 Å². The molecule has 0 aliphatic carbocycles. The zero-order chi connectivity index (χ0) is 14.7. The second-order valence-corrected chi connectivity index (χ2v) is 4.82. The number of hydrogen-bond donors (Lipinski definition) is 0. The molecule has 0 aliphatic rings. The van der Waals surface area contributed by atoms with Crippen LogP contribution in [0.5, 0.6) is 11.6 Å². The summed E-state index contributed by atoms with van der Waals surface area (Å²) in [6.07, 6.45) is 1.45. The summed E-state index contributed by atoms with van der Waals surface area (Å²) in [6.45, 7) is 0. The third-order valence-corrected chi connectivity index (χ3v) is 3.29. The zero-order valence-electron chi connectivity index (χ0n) is 9.85. The first-order valence-electron chi connectivity index (χ1n) is 5.34. The summed E-state index contributed by atoms with van der Waals surface area (Å²) in [6, 6.07) is 5.28. The normalized spacial score (nSPS) is 10.3. The number of hydrogen-bond acceptors (Lipinski definition) is 4. The Balaban J connectivity index is 2.47. The Kier molecular flexibility index (Phi) is 4.51. The van der Waals surface area contributed by atoms with Crippen molar-refractivity contribution in [3.63, 3.8) is 0 Å². The van der Waals surface area contributed by atoms with Gasteiger partial charge in [0.15, 0.2) is 0 Å². The van der Waals surface area contributed by atoms with Crippen molar-refractivity contribution in [2.75, 3.05) is 0 Å². The summed E-state index contributed by atoms with van der Waals surface area (Å²) in [5.41, 5.74) is 0.177. The Morgan fingerprint density at radius 3 is 2.90 bits per heavy atom. The van der Waals surface area contributed by atoms with Crippen molar-refractivity contribution >= 4 is 33.2 Å². The molecular weight excluding hydrogens is 354 g/mol. The van der Waals surface area contributed by atoms with Gasteiger partial charge < -0.3 is 4.74 Å². The molecule has 8 heteroatoms. The van der Waals surface area contributed by atoms with E-state index in [4.69, 9.17) is 16.3 Å². The van der Waals surface area contributed by atoms with Crippen LogP contribution in [0, 0.1) is 15.9 Å². The van der Waals surface area contributed by atoms with Gasteiger partial charge in [-0.2, -0.15) is 0 Å². The van der Waals surface area contributed by atoms with Crippen LogP contribution in [-0.4, -0.2) is 9.91 Å². The van der Waals surface area contributed by atoms with Gasteiger partial charge in [-0.3, -0.25) is 10.1 Å². The maximum absolute atomic E-state index is 13.5. The van der Waals surface area contributed by atoms with Gasteiger partial charge in [0.2, 0.25) is 11.6 Å². The lowest BCUT2D eigenvalue weighted by atomic mass is 10.2. The fourth-order valence-electron chi connectivity index (χ4n) is 1.46. The molecule has 0 atom stereocenters. The van der Waals surface area contributed by atoms with Crippen LogP contribution < -0.4 is 4.74 Å². The molecule has 1 aromatic heterocycles. The number of alkyl halides is 1. The predicted octanol–water partition coefficient (Wildman–Crippen LogP) is 4.42. The van der Waals surface area contributed by atoms with Crippen molar-refractivity contribution in [2.24, 2.45) is 0 Å². The summed E-state index contributed by atoms with van der Waals surface area (Å²) in [5.74, 6) is -0.683. The highest BCUT2D eigenvalue weighted by molar-refractivity contribution is 9.10. The van der Waals surface area contributed by atoms with Crippen LogP contribution in [0.25, 0.3) is 0 Å². The second-order valence-electron chi connectivity index (χ2n) is 3.69. The molecule has 1 heterocycles. The number of benzene rings is 1. The van der Waals surface area contributed by atoms with Crippen molar-refractivity contribution < 1.29 is 14.1 Å². The number of ether oxygens (including phenoxy) is 1. The third-order valence-electron chi connectivity index (χ3n) is 2.40. The van der Waals surface area contributed by atoms with Gasteiger partial charge >= 0.3 is 5.69 Å². The number of pyridine rings is 1. The first kappa shape index (κ1) is 14.7. The van der Waals surface area contributed by atoms with Crippen molar-refractivity contribution in [3.8, 4) is 11.6 Å². The molecule has 2 rings (SSSR count). The van der Waals surface area contributed by atoms with Crippen molar-refractivity contribution in [1.29, 1.82) is 0 Å². The van der Waals surface area contributed by atoms with E-state index in [1.165, 1.54) is 6.20 Å². The smallest absolute Gasteiger partial charge is 0.312 e. The maximum Gasteiger partial charge on any atom is 0.312 e. The average Bonchev–Trinajstić information content (AvgIpc) is 2.43. The topological polar surface area (TPSA) is 65.3 Å². The van der Waals surface area contributed by atoms with E-state index >= 15 is 0 Å². The van der Waals surface area contributed by atoms with Gasteiger partial charge in [-0.25, -0.2) is 9.37 Å². The van der Waals surface area contributed by atoms with E-state index in [9.17, 15) is 14.5 Å². The fourth-order valence-corrected chi connectivity index (χ4v) is 2.00. The van der Waals surface area contributed by atoms with Gasteiger partial charge in [0.1, 0.15) is 5.82 Å². The van der Waals surface area contributed by atoms with Gasteiger partial charge in [-0.15, -0.1) is 11.6 Å². The molecule has 2 aromatic rings. The minimum Gasteiger partial charge on any atom is -0.431 e. The monoisotopic (exact) mass is 360 g/mol. The Morgan fingerprint density at radius 2 is 2.25 bits per heavy atom. The van der Waals surface area contributed by atoms with E-state index in [2.05, 4.69) is 20.9 Å². The van der Waals surface area contributed by atoms with Gasteiger partial charge in [0.05, 0.1) is 15.3 Å². The maximum atomic E-state index is 13.5. The molecule has 0 radical (unpaired) electrons. The van der Waals surface area contributed by atoms with Gasteiger partial charge in [-0.05, 0) is 22.0 Å². The minimum absolute atomic E-state index is 0.0184. The summed E-state index contributed by atoms with van der Waals surface area (Å²) in [7, 11) is 0. The lowest BCUT2D eigenvalue weighted by Gasteiger charge is -2.09. The van der Waals surface area contributed by atoms with Crippen LogP contribution in [0.1, 0.15) is 5.56 Å². The summed E-state index contributed by atoms with van der Waals surface area (Å²) in [4.78, 5) is 14.2. The molecule has 1 aromatic carbocycles. The predicted molar refractivity (Wildman–Crippen MR) is 74.6 cm³/mol. The number of rotatable bonds is 4. The van der Waals surface area contributed by atoms with Crippen LogP contribution in [0.4, 0.5) is 10.1 Å². The summed E-state index contributed by atoms with van der Waals surface area (Å²) < 4.78 is 18.8.